The molecule has 0 bridgehead atoms. The Hall–Kier alpha value is -3.78. The Morgan fingerprint density at radius 1 is 1.13 bits per heavy atom. The lowest BCUT2D eigenvalue weighted by molar-refractivity contribution is 0.102. The van der Waals surface area contributed by atoms with E-state index < -0.39 is 0 Å². The van der Waals surface area contributed by atoms with Crippen LogP contribution in [-0.4, -0.2) is 35.1 Å². The summed E-state index contributed by atoms with van der Waals surface area (Å²) >= 11 is 6.07. The maximum absolute atomic E-state index is 13.0. The van der Waals surface area contributed by atoms with Crippen molar-refractivity contribution in [2.24, 2.45) is 0 Å². The predicted molar refractivity (Wildman–Crippen MR) is 114 cm³/mol. The normalized spacial score (nSPS) is 11.7. The molecule has 1 aliphatic carbocycles. The van der Waals surface area contributed by atoms with Gasteiger partial charge in [-0.2, -0.15) is 5.10 Å². The van der Waals surface area contributed by atoms with Crippen LogP contribution >= 0.6 is 11.6 Å². The van der Waals surface area contributed by atoms with E-state index in [0.717, 1.165) is 28.1 Å². The second-order valence-corrected chi connectivity index (χ2v) is 7.38. The average molecular weight is 437 g/mol. The third-order valence-electron chi connectivity index (χ3n) is 5.18. The molecule has 2 aromatic carbocycles. The van der Waals surface area contributed by atoms with Crippen molar-refractivity contribution in [1.82, 2.24) is 14.9 Å². The van der Waals surface area contributed by atoms with Crippen LogP contribution in [0.15, 0.2) is 53.3 Å². The number of benzene rings is 2. The zero-order valence-electron chi connectivity index (χ0n) is 16.7. The number of ether oxygens (including phenoxy) is 2. The largest absolute Gasteiger partial charge is 0.493 e. The first-order chi connectivity index (χ1) is 15.1. The van der Waals surface area contributed by atoms with Gasteiger partial charge in [0, 0.05) is 28.6 Å². The summed E-state index contributed by atoms with van der Waals surface area (Å²) in [4.78, 5) is 13.0. The average Bonchev–Trinajstić information content (AvgIpc) is 3.49. The van der Waals surface area contributed by atoms with Crippen LogP contribution in [0.1, 0.15) is 21.6 Å². The minimum absolute atomic E-state index is 0.307. The van der Waals surface area contributed by atoms with Crippen LogP contribution in [0.4, 0.5) is 5.82 Å². The quantitative estimate of drug-likeness (QED) is 0.440. The lowest BCUT2D eigenvalue weighted by Crippen LogP contribution is -2.15. The molecule has 1 N–H and O–H groups in total. The number of nitrogens with one attached hydrogen (secondary N) is 1. The number of hydrogen-bond donors (Lipinski definition) is 1. The van der Waals surface area contributed by atoms with E-state index in [1.807, 2.05) is 24.3 Å². The number of fused-ring (bicyclic) bond motifs is 3. The van der Waals surface area contributed by atoms with E-state index in [0.29, 0.717) is 34.5 Å². The van der Waals surface area contributed by atoms with Gasteiger partial charge in [-0.15, -0.1) is 0 Å². The van der Waals surface area contributed by atoms with Crippen molar-refractivity contribution in [3.05, 3.63) is 70.6 Å². The van der Waals surface area contributed by atoms with Crippen LogP contribution in [0, 0.1) is 0 Å². The van der Waals surface area contributed by atoms with Crippen LogP contribution in [0.3, 0.4) is 0 Å². The number of methoxy groups -OCH3 is 2. The highest BCUT2D eigenvalue weighted by molar-refractivity contribution is 6.30. The van der Waals surface area contributed by atoms with Gasteiger partial charge in [-0.3, -0.25) is 4.79 Å². The molecule has 0 aliphatic heterocycles. The minimum Gasteiger partial charge on any atom is -0.493 e. The second kappa shape index (κ2) is 7.48. The van der Waals surface area contributed by atoms with Crippen molar-refractivity contribution in [3.63, 3.8) is 0 Å². The van der Waals surface area contributed by atoms with Gasteiger partial charge in [0.25, 0.3) is 5.91 Å². The van der Waals surface area contributed by atoms with Gasteiger partial charge in [-0.05, 0) is 42.0 Å². The highest BCUT2D eigenvalue weighted by Crippen LogP contribution is 2.44. The third-order valence-corrected chi connectivity index (χ3v) is 5.43. The van der Waals surface area contributed by atoms with E-state index in [1.54, 1.807) is 37.1 Å². The van der Waals surface area contributed by atoms with Gasteiger partial charge in [-0.1, -0.05) is 16.8 Å². The Morgan fingerprint density at radius 3 is 2.55 bits per heavy atom. The molecular weight excluding hydrogens is 420 g/mol. The number of halogens is 1. The Kier molecular flexibility index (Phi) is 4.63. The van der Waals surface area contributed by atoms with Crippen molar-refractivity contribution in [2.75, 3.05) is 19.5 Å². The molecule has 1 aliphatic rings. The fourth-order valence-corrected chi connectivity index (χ4v) is 3.90. The van der Waals surface area contributed by atoms with Crippen molar-refractivity contribution in [2.45, 2.75) is 6.42 Å². The molecule has 0 spiro atoms. The van der Waals surface area contributed by atoms with E-state index in [1.165, 1.54) is 6.26 Å². The molecule has 0 fully saturated rings. The fourth-order valence-electron chi connectivity index (χ4n) is 3.78. The summed E-state index contributed by atoms with van der Waals surface area (Å²) in [5, 5.41) is 11.7. The number of hydrogen-bond acceptors (Lipinski definition) is 6. The highest BCUT2D eigenvalue weighted by Gasteiger charge is 2.32. The van der Waals surface area contributed by atoms with Gasteiger partial charge < -0.3 is 19.3 Å². The number of anilines is 1. The summed E-state index contributed by atoms with van der Waals surface area (Å²) in [5.41, 5.74) is 4.66. The third kappa shape index (κ3) is 3.21. The first kappa shape index (κ1) is 19.2. The lowest BCUT2D eigenvalue weighted by Gasteiger charge is -2.12. The maximum Gasteiger partial charge on any atom is 0.277 e. The minimum atomic E-state index is -0.371. The molecule has 2 heterocycles. The molecular formula is C22H17ClN4O4. The van der Waals surface area contributed by atoms with Gasteiger partial charge >= 0.3 is 0 Å². The van der Waals surface area contributed by atoms with Gasteiger partial charge in [0.1, 0.15) is 6.26 Å². The van der Waals surface area contributed by atoms with Gasteiger partial charge in [-0.25, -0.2) is 4.68 Å². The fraction of sp³-hybridized carbons (Fsp3) is 0.136. The lowest BCUT2D eigenvalue weighted by atomic mass is 10.1. The van der Waals surface area contributed by atoms with Crippen LogP contribution < -0.4 is 14.8 Å². The number of carbonyl (C=O) groups is 1. The van der Waals surface area contributed by atoms with E-state index in [2.05, 4.69) is 15.6 Å². The standard InChI is InChI=1S/C22H17ClN4O4/c1-29-17-10-12-9-16-20(22(28)24-19-7-8-31-26-19)25-27(14-5-3-13(23)4-6-14)21(16)15(12)11-18(17)30-2/h3-8,10-11H,9H2,1-2H3,(H,24,26,28). The molecule has 9 heteroatoms. The molecule has 156 valence electrons. The molecule has 0 saturated heterocycles. The number of carbonyl (C=O) groups excluding carboxylic acids is 1. The van der Waals surface area contributed by atoms with Crippen molar-refractivity contribution in [1.29, 1.82) is 0 Å². The molecule has 5 rings (SSSR count). The SMILES string of the molecule is COc1cc2c(cc1OC)-c1c(c(C(=O)Nc3ccon3)nn1-c1ccc(Cl)cc1)C2. The van der Waals surface area contributed by atoms with Crippen molar-refractivity contribution in [3.8, 4) is 28.4 Å². The van der Waals surface area contributed by atoms with Crippen LogP contribution in [0.25, 0.3) is 16.9 Å². The number of amides is 1. The number of aromatic nitrogens is 3. The van der Waals surface area contributed by atoms with Crippen molar-refractivity contribution < 1.29 is 18.8 Å². The van der Waals surface area contributed by atoms with Crippen LogP contribution in [0.2, 0.25) is 5.02 Å². The predicted octanol–water partition coefficient (Wildman–Crippen LogP) is 4.35. The Balaban J connectivity index is 1.68. The zero-order chi connectivity index (χ0) is 21.5. The molecule has 2 aromatic heterocycles. The van der Waals surface area contributed by atoms with Gasteiger partial charge in [0.2, 0.25) is 0 Å². The van der Waals surface area contributed by atoms with E-state index in [-0.39, 0.29) is 5.91 Å². The van der Waals surface area contributed by atoms with Crippen molar-refractivity contribution >= 4 is 23.3 Å². The molecule has 31 heavy (non-hydrogen) atoms. The van der Waals surface area contributed by atoms with E-state index in [4.69, 9.17) is 25.6 Å². The summed E-state index contributed by atoms with van der Waals surface area (Å²) in [7, 11) is 3.19. The maximum atomic E-state index is 13.0. The number of rotatable bonds is 5. The van der Waals surface area contributed by atoms with Gasteiger partial charge in [0.15, 0.2) is 23.0 Å². The highest BCUT2D eigenvalue weighted by atomic mass is 35.5. The Labute approximate surface area is 182 Å². The summed E-state index contributed by atoms with van der Waals surface area (Å²) in [6.45, 7) is 0. The molecule has 8 nitrogen and oxygen atoms in total. The number of nitrogens with zero attached hydrogens (tertiary/aromatic N) is 3. The molecule has 0 atom stereocenters. The molecule has 4 aromatic rings. The van der Waals surface area contributed by atoms with E-state index in [9.17, 15) is 4.79 Å². The zero-order valence-corrected chi connectivity index (χ0v) is 17.4. The molecule has 0 saturated carbocycles. The molecule has 0 radical (unpaired) electrons. The topological polar surface area (TPSA) is 91.4 Å². The second-order valence-electron chi connectivity index (χ2n) is 6.94. The summed E-state index contributed by atoms with van der Waals surface area (Å²) in [5.74, 6) is 1.18. The van der Waals surface area contributed by atoms with Crippen LogP contribution in [-0.2, 0) is 6.42 Å². The summed E-state index contributed by atoms with van der Waals surface area (Å²) in [6, 6.07) is 12.7. The summed E-state index contributed by atoms with van der Waals surface area (Å²) in [6.07, 6.45) is 1.92. The molecule has 1 amide bonds. The van der Waals surface area contributed by atoms with E-state index >= 15 is 0 Å². The van der Waals surface area contributed by atoms with Crippen LogP contribution in [0.5, 0.6) is 11.5 Å². The summed E-state index contributed by atoms with van der Waals surface area (Å²) < 4.78 is 17.5. The monoisotopic (exact) mass is 436 g/mol. The first-order valence-electron chi connectivity index (χ1n) is 9.44. The Morgan fingerprint density at radius 2 is 1.87 bits per heavy atom. The molecule has 0 unspecified atom stereocenters. The Bertz CT molecular complexity index is 1280. The first-order valence-corrected chi connectivity index (χ1v) is 9.81. The van der Waals surface area contributed by atoms with Gasteiger partial charge in [0.05, 0.1) is 25.6 Å². The smallest absolute Gasteiger partial charge is 0.277 e.